The third-order valence-corrected chi connectivity index (χ3v) is 2.96. The first-order valence-corrected chi connectivity index (χ1v) is 5.81. The van der Waals surface area contributed by atoms with Crippen molar-refractivity contribution in [2.45, 2.75) is 19.8 Å². The molecule has 5 heteroatoms. The van der Waals surface area contributed by atoms with Gasteiger partial charge in [-0.05, 0) is 50.9 Å². The Morgan fingerprint density at radius 3 is 3.00 bits per heavy atom. The van der Waals surface area contributed by atoms with Crippen molar-refractivity contribution < 1.29 is 9.21 Å². The molecule has 0 aromatic carbocycles. The van der Waals surface area contributed by atoms with Crippen molar-refractivity contribution in [2.24, 2.45) is 5.92 Å². The molecule has 0 saturated carbocycles. The number of furan rings is 1. The summed E-state index contributed by atoms with van der Waals surface area (Å²) in [6.45, 7) is 4.75. The number of carbonyl (C=O) groups is 1. The summed E-state index contributed by atoms with van der Waals surface area (Å²) >= 11 is 0. The molecule has 1 unspecified atom stereocenters. The summed E-state index contributed by atoms with van der Waals surface area (Å²) in [6.07, 6.45) is 2.26. The molecule has 4 nitrogen and oxygen atoms in total. The van der Waals surface area contributed by atoms with Gasteiger partial charge in [0.05, 0.1) is 0 Å². The number of hydrogen-bond acceptors (Lipinski definition) is 3. The average Bonchev–Trinajstić information content (AvgIpc) is 2.89. The van der Waals surface area contributed by atoms with Gasteiger partial charge >= 0.3 is 0 Å². The number of aryl methyl sites for hydroxylation is 1. The SMILES string of the molecule is Cc1ccc(C(=O)NCCC2CCNC2)o1.Cl. The molecule has 0 spiro atoms. The summed E-state index contributed by atoms with van der Waals surface area (Å²) in [7, 11) is 0. The lowest BCUT2D eigenvalue weighted by molar-refractivity contribution is 0.0922. The molecular weight excluding hydrogens is 240 g/mol. The maximum atomic E-state index is 11.6. The van der Waals surface area contributed by atoms with Gasteiger partial charge in [0, 0.05) is 6.54 Å². The number of hydrogen-bond donors (Lipinski definition) is 2. The lowest BCUT2D eigenvalue weighted by atomic mass is 10.1. The Balaban J connectivity index is 0.00000144. The van der Waals surface area contributed by atoms with Gasteiger partial charge in [-0.15, -0.1) is 12.4 Å². The third-order valence-electron chi connectivity index (χ3n) is 2.96. The fourth-order valence-electron chi connectivity index (χ4n) is 1.99. The molecule has 1 aliphatic heterocycles. The van der Waals surface area contributed by atoms with Gasteiger partial charge in [-0.1, -0.05) is 0 Å². The minimum Gasteiger partial charge on any atom is -0.456 e. The molecule has 1 amide bonds. The lowest BCUT2D eigenvalue weighted by Gasteiger charge is -2.08. The summed E-state index contributed by atoms with van der Waals surface area (Å²) < 4.78 is 5.24. The van der Waals surface area contributed by atoms with E-state index in [0.29, 0.717) is 11.7 Å². The number of rotatable bonds is 4. The van der Waals surface area contributed by atoms with Crippen molar-refractivity contribution in [3.8, 4) is 0 Å². The third kappa shape index (κ3) is 4.06. The molecule has 1 aromatic rings. The Kier molecular flexibility index (Phi) is 5.51. The van der Waals surface area contributed by atoms with E-state index in [2.05, 4.69) is 10.6 Å². The van der Waals surface area contributed by atoms with Crippen LogP contribution in [0.5, 0.6) is 0 Å². The number of nitrogens with one attached hydrogen (secondary N) is 2. The molecule has 0 radical (unpaired) electrons. The van der Waals surface area contributed by atoms with Crippen molar-refractivity contribution in [2.75, 3.05) is 19.6 Å². The van der Waals surface area contributed by atoms with E-state index in [1.165, 1.54) is 6.42 Å². The van der Waals surface area contributed by atoms with Gasteiger partial charge < -0.3 is 15.1 Å². The van der Waals surface area contributed by atoms with Gasteiger partial charge in [0.2, 0.25) is 0 Å². The van der Waals surface area contributed by atoms with Crippen LogP contribution in [-0.2, 0) is 0 Å². The van der Waals surface area contributed by atoms with Crippen LogP contribution in [0.2, 0.25) is 0 Å². The van der Waals surface area contributed by atoms with Gasteiger partial charge in [0.25, 0.3) is 5.91 Å². The van der Waals surface area contributed by atoms with E-state index in [1.807, 2.05) is 6.92 Å². The molecule has 2 N–H and O–H groups in total. The molecule has 1 saturated heterocycles. The van der Waals surface area contributed by atoms with E-state index in [-0.39, 0.29) is 18.3 Å². The minimum atomic E-state index is -0.112. The van der Waals surface area contributed by atoms with Crippen molar-refractivity contribution in [3.05, 3.63) is 23.7 Å². The largest absolute Gasteiger partial charge is 0.456 e. The van der Waals surface area contributed by atoms with Crippen molar-refractivity contribution in [1.82, 2.24) is 10.6 Å². The fraction of sp³-hybridized carbons (Fsp3) is 0.583. The molecule has 1 aliphatic rings. The molecule has 17 heavy (non-hydrogen) atoms. The van der Waals surface area contributed by atoms with Gasteiger partial charge in [-0.2, -0.15) is 0 Å². The van der Waals surface area contributed by atoms with Gasteiger partial charge in [-0.3, -0.25) is 4.79 Å². The average molecular weight is 259 g/mol. The highest BCUT2D eigenvalue weighted by Crippen LogP contribution is 2.11. The van der Waals surface area contributed by atoms with E-state index in [9.17, 15) is 4.79 Å². The van der Waals surface area contributed by atoms with Crippen molar-refractivity contribution in [3.63, 3.8) is 0 Å². The summed E-state index contributed by atoms with van der Waals surface area (Å²) in [4.78, 5) is 11.6. The van der Waals surface area contributed by atoms with E-state index in [0.717, 1.165) is 31.8 Å². The minimum absolute atomic E-state index is 0. The van der Waals surface area contributed by atoms with Crippen LogP contribution in [0.3, 0.4) is 0 Å². The summed E-state index contributed by atoms with van der Waals surface area (Å²) in [6, 6.07) is 3.51. The van der Waals surface area contributed by atoms with Crippen LogP contribution in [-0.4, -0.2) is 25.5 Å². The maximum absolute atomic E-state index is 11.6. The van der Waals surface area contributed by atoms with Crippen LogP contribution in [0.4, 0.5) is 0 Å². The highest BCUT2D eigenvalue weighted by atomic mass is 35.5. The Morgan fingerprint density at radius 2 is 2.41 bits per heavy atom. The van der Waals surface area contributed by atoms with E-state index in [1.54, 1.807) is 12.1 Å². The Hall–Kier alpha value is -1.00. The second-order valence-corrected chi connectivity index (χ2v) is 4.31. The summed E-state index contributed by atoms with van der Waals surface area (Å²) in [5.74, 6) is 1.77. The lowest BCUT2D eigenvalue weighted by Crippen LogP contribution is -2.26. The Bertz CT molecular complexity index is 359. The zero-order chi connectivity index (χ0) is 11.4. The summed E-state index contributed by atoms with van der Waals surface area (Å²) in [5.41, 5.74) is 0. The molecule has 2 heterocycles. The first kappa shape index (κ1) is 14.1. The van der Waals surface area contributed by atoms with Crippen LogP contribution in [0.25, 0.3) is 0 Å². The first-order valence-electron chi connectivity index (χ1n) is 5.81. The van der Waals surface area contributed by atoms with E-state index >= 15 is 0 Å². The van der Waals surface area contributed by atoms with Gasteiger partial charge in [0.15, 0.2) is 5.76 Å². The number of halogens is 1. The molecule has 0 bridgehead atoms. The van der Waals surface area contributed by atoms with E-state index < -0.39 is 0 Å². The van der Waals surface area contributed by atoms with Gasteiger partial charge in [0.1, 0.15) is 5.76 Å². The van der Waals surface area contributed by atoms with Crippen LogP contribution in [0, 0.1) is 12.8 Å². The van der Waals surface area contributed by atoms with Crippen LogP contribution < -0.4 is 10.6 Å². The Morgan fingerprint density at radius 1 is 1.59 bits per heavy atom. The molecular formula is C12H19ClN2O2. The molecule has 1 fully saturated rings. The zero-order valence-corrected chi connectivity index (χ0v) is 10.8. The molecule has 96 valence electrons. The quantitative estimate of drug-likeness (QED) is 0.865. The van der Waals surface area contributed by atoms with Crippen molar-refractivity contribution in [1.29, 1.82) is 0 Å². The molecule has 1 atom stereocenters. The van der Waals surface area contributed by atoms with Crippen LogP contribution >= 0.6 is 12.4 Å². The van der Waals surface area contributed by atoms with Crippen molar-refractivity contribution >= 4 is 18.3 Å². The second kappa shape index (κ2) is 6.67. The highest BCUT2D eigenvalue weighted by Gasteiger charge is 2.15. The predicted octanol–water partition coefficient (Wildman–Crippen LogP) is 1.74. The standard InChI is InChI=1S/C12H18N2O2.ClH/c1-9-2-3-11(16-9)12(15)14-7-5-10-4-6-13-8-10;/h2-3,10,13H,4-8H2,1H3,(H,14,15);1H. The fourth-order valence-corrected chi connectivity index (χ4v) is 1.99. The topological polar surface area (TPSA) is 54.3 Å². The summed E-state index contributed by atoms with van der Waals surface area (Å²) in [5, 5.41) is 6.19. The normalized spacial score (nSPS) is 18.8. The number of carbonyl (C=O) groups excluding carboxylic acids is 1. The maximum Gasteiger partial charge on any atom is 0.286 e. The zero-order valence-electron chi connectivity index (χ0n) is 9.99. The molecule has 0 aliphatic carbocycles. The van der Waals surface area contributed by atoms with Crippen LogP contribution in [0.1, 0.15) is 29.2 Å². The van der Waals surface area contributed by atoms with E-state index in [4.69, 9.17) is 4.42 Å². The predicted molar refractivity (Wildman–Crippen MR) is 68.6 cm³/mol. The number of amides is 1. The smallest absolute Gasteiger partial charge is 0.286 e. The monoisotopic (exact) mass is 258 g/mol. The first-order chi connectivity index (χ1) is 7.75. The second-order valence-electron chi connectivity index (χ2n) is 4.31. The molecule has 1 aromatic heterocycles. The Labute approximate surface area is 108 Å². The van der Waals surface area contributed by atoms with Gasteiger partial charge in [-0.25, -0.2) is 0 Å². The molecule has 2 rings (SSSR count). The highest BCUT2D eigenvalue weighted by molar-refractivity contribution is 5.91. The van der Waals surface area contributed by atoms with Crippen LogP contribution in [0.15, 0.2) is 16.5 Å².